The molecule has 0 aliphatic heterocycles. The van der Waals surface area contributed by atoms with Gasteiger partial charge in [-0.15, -0.1) is 0 Å². The number of nitrogens with zero attached hydrogens (tertiary/aromatic N) is 1. The van der Waals surface area contributed by atoms with Crippen LogP contribution in [0.15, 0.2) is 34.9 Å². The highest BCUT2D eigenvalue weighted by atomic mass is 35.5. The normalized spacial score (nSPS) is 12.2. The number of nitrogens with one attached hydrogen (secondary N) is 1. The maximum absolute atomic E-state index is 11.9. The number of halogens is 1. The Morgan fingerprint density at radius 3 is 2.74 bits per heavy atom. The minimum Gasteiger partial charge on any atom is -0.355 e. The average molecular weight is 279 g/mol. The van der Waals surface area contributed by atoms with E-state index in [1.807, 2.05) is 26.0 Å². The third-order valence-corrected chi connectivity index (χ3v) is 3.11. The summed E-state index contributed by atoms with van der Waals surface area (Å²) in [6.07, 6.45) is 0.869. The van der Waals surface area contributed by atoms with E-state index in [-0.39, 0.29) is 17.6 Å². The first-order chi connectivity index (χ1) is 9.10. The Hall–Kier alpha value is -1.81. The first-order valence-corrected chi connectivity index (χ1v) is 6.51. The van der Waals surface area contributed by atoms with Crippen LogP contribution in [0.25, 0.3) is 11.3 Å². The van der Waals surface area contributed by atoms with Gasteiger partial charge < -0.3 is 9.84 Å². The first-order valence-electron chi connectivity index (χ1n) is 6.13. The van der Waals surface area contributed by atoms with Gasteiger partial charge in [0.25, 0.3) is 5.91 Å². The second kappa shape index (κ2) is 5.89. The van der Waals surface area contributed by atoms with E-state index in [0.29, 0.717) is 10.8 Å². The zero-order valence-corrected chi connectivity index (χ0v) is 11.6. The predicted molar refractivity (Wildman–Crippen MR) is 74.2 cm³/mol. The summed E-state index contributed by atoms with van der Waals surface area (Å²) in [6.45, 7) is 3.95. The molecular formula is C14H15ClN2O2. The molecule has 1 aromatic heterocycles. The Kier molecular flexibility index (Phi) is 4.22. The smallest absolute Gasteiger partial charge is 0.273 e. The number of carbonyl (C=O) groups is 1. The largest absolute Gasteiger partial charge is 0.355 e. The summed E-state index contributed by atoms with van der Waals surface area (Å²) in [6, 6.07) is 8.90. The van der Waals surface area contributed by atoms with Crippen molar-refractivity contribution in [2.24, 2.45) is 0 Å². The predicted octanol–water partition coefficient (Wildman–Crippen LogP) is 3.52. The van der Waals surface area contributed by atoms with Crippen LogP contribution in [0.2, 0.25) is 5.02 Å². The third kappa shape index (κ3) is 3.35. The van der Waals surface area contributed by atoms with E-state index in [1.165, 1.54) is 0 Å². The molecule has 0 aliphatic carbocycles. The van der Waals surface area contributed by atoms with Crippen molar-refractivity contribution in [3.05, 3.63) is 41.0 Å². The Balaban J connectivity index is 2.15. The van der Waals surface area contributed by atoms with E-state index >= 15 is 0 Å². The van der Waals surface area contributed by atoms with E-state index in [0.717, 1.165) is 12.0 Å². The minimum absolute atomic E-state index is 0.114. The van der Waals surface area contributed by atoms with Crippen LogP contribution in [0.5, 0.6) is 0 Å². The molecule has 2 aromatic rings. The molecule has 1 N–H and O–H groups in total. The monoisotopic (exact) mass is 278 g/mol. The van der Waals surface area contributed by atoms with Gasteiger partial charge in [0.05, 0.1) is 0 Å². The van der Waals surface area contributed by atoms with Gasteiger partial charge in [0.15, 0.2) is 11.5 Å². The van der Waals surface area contributed by atoms with Crippen LogP contribution >= 0.6 is 11.6 Å². The fourth-order valence-corrected chi connectivity index (χ4v) is 1.66. The van der Waals surface area contributed by atoms with Crippen LogP contribution in [0, 0.1) is 0 Å². The molecule has 0 fully saturated rings. The molecule has 1 aromatic carbocycles. The molecule has 1 heterocycles. The lowest BCUT2D eigenvalue weighted by Crippen LogP contribution is -2.32. The molecule has 19 heavy (non-hydrogen) atoms. The van der Waals surface area contributed by atoms with Crippen LogP contribution in [0.3, 0.4) is 0 Å². The molecule has 1 atom stereocenters. The molecule has 0 bridgehead atoms. The molecule has 1 amide bonds. The van der Waals surface area contributed by atoms with Gasteiger partial charge in [0, 0.05) is 22.7 Å². The van der Waals surface area contributed by atoms with Crippen molar-refractivity contribution in [3.8, 4) is 11.3 Å². The molecule has 1 unspecified atom stereocenters. The van der Waals surface area contributed by atoms with Crippen molar-refractivity contribution in [3.63, 3.8) is 0 Å². The number of amides is 1. The highest BCUT2D eigenvalue weighted by molar-refractivity contribution is 6.30. The zero-order valence-electron chi connectivity index (χ0n) is 10.8. The van der Waals surface area contributed by atoms with Crippen molar-refractivity contribution in [1.82, 2.24) is 10.5 Å². The maximum Gasteiger partial charge on any atom is 0.273 e. The Labute approximate surface area is 116 Å². The second-order valence-corrected chi connectivity index (χ2v) is 4.80. The Morgan fingerprint density at radius 1 is 1.42 bits per heavy atom. The summed E-state index contributed by atoms with van der Waals surface area (Å²) in [7, 11) is 0. The molecule has 0 aliphatic rings. The molecule has 0 saturated carbocycles. The van der Waals surface area contributed by atoms with Gasteiger partial charge in [-0.1, -0.05) is 23.7 Å². The second-order valence-electron chi connectivity index (χ2n) is 4.37. The number of hydrogen-bond acceptors (Lipinski definition) is 3. The van der Waals surface area contributed by atoms with Gasteiger partial charge in [0.2, 0.25) is 0 Å². The lowest BCUT2D eigenvalue weighted by molar-refractivity contribution is 0.0930. The summed E-state index contributed by atoms with van der Waals surface area (Å²) < 4.78 is 5.17. The summed E-state index contributed by atoms with van der Waals surface area (Å²) in [4.78, 5) is 11.9. The highest BCUT2D eigenvalue weighted by Gasteiger charge is 2.14. The van der Waals surface area contributed by atoms with E-state index in [1.54, 1.807) is 18.2 Å². The van der Waals surface area contributed by atoms with Gasteiger partial charge >= 0.3 is 0 Å². The molecular weight excluding hydrogens is 264 g/mol. The van der Waals surface area contributed by atoms with E-state index in [9.17, 15) is 4.79 Å². The Morgan fingerprint density at radius 2 is 2.11 bits per heavy atom. The minimum atomic E-state index is -0.224. The summed E-state index contributed by atoms with van der Waals surface area (Å²) in [5.41, 5.74) is 1.12. The van der Waals surface area contributed by atoms with Crippen LogP contribution in [0.4, 0.5) is 0 Å². The van der Waals surface area contributed by atoms with Crippen LogP contribution in [-0.2, 0) is 0 Å². The number of hydrogen-bond donors (Lipinski definition) is 1. The number of rotatable bonds is 4. The van der Waals surface area contributed by atoms with Gasteiger partial charge in [-0.25, -0.2) is 0 Å². The Bertz CT molecular complexity index is 563. The maximum atomic E-state index is 11.9. The van der Waals surface area contributed by atoms with E-state index in [2.05, 4.69) is 10.5 Å². The third-order valence-electron chi connectivity index (χ3n) is 2.86. The first kappa shape index (κ1) is 13.6. The highest BCUT2D eigenvalue weighted by Crippen LogP contribution is 2.22. The topological polar surface area (TPSA) is 55.1 Å². The van der Waals surface area contributed by atoms with E-state index < -0.39 is 0 Å². The number of benzene rings is 1. The fraction of sp³-hybridized carbons (Fsp3) is 0.286. The molecule has 0 spiro atoms. The number of carbonyl (C=O) groups excluding carboxylic acids is 1. The van der Waals surface area contributed by atoms with Crippen molar-refractivity contribution in [2.75, 3.05) is 0 Å². The average Bonchev–Trinajstić information content (AvgIpc) is 2.89. The SMILES string of the molecule is CCC(C)NC(=O)c1cc(-c2ccc(Cl)cc2)on1. The van der Waals surface area contributed by atoms with Crippen LogP contribution in [0.1, 0.15) is 30.8 Å². The van der Waals surface area contributed by atoms with Crippen molar-refractivity contribution in [2.45, 2.75) is 26.3 Å². The van der Waals surface area contributed by atoms with Crippen molar-refractivity contribution in [1.29, 1.82) is 0 Å². The lowest BCUT2D eigenvalue weighted by Gasteiger charge is -2.08. The summed E-state index contributed by atoms with van der Waals surface area (Å²) >= 11 is 5.82. The van der Waals surface area contributed by atoms with Crippen LogP contribution in [-0.4, -0.2) is 17.1 Å². The lowest BCUT2D eigenvalue weighted by atomic mass is 10.1. The molecule has 0 saturated heterocycles. The molecule has 0 radical (unpaired) electrons. The molecule has 2 rings (SSSR count). The van der Waals surface area contributed by atoms with Gasteiger partial charge in [-0.05, 0) is 37.6 Å². The van der Waals surface area contributed by atoms with Gasteiger partial charge in [-0.2, -0.15) is 0 Å². The fourth-order valence-electron chi connectivity index (χ4n) is 1.53. The number of aromatic nitrogens is 1. The van der Waals surface area contributed by atoms with E-state index in [4.69, 9.17) is 16.1 Å². The zero-order chi connectivity index (χ0) is 13.8. The van der Waals surface area contributed by atoms with Gasteiger partial charge in [0.1, 0.15) is 0 Å². The van der Waals surface area contributed by atoms with Gasteiger partial charge in [-0.3, -0.25) is 4.79 Å². The molecule has 5 heteroatoms. The molecule has 100 valence electrons. The summed E-state index contributed by atoms with van der Waals surface area (Å²) in [5, 5.41) is 7.27. The molecule has 4 nitrogen and oxygen atoms in total. The standard InChI is InChI=1S/C14H15ClN2O2/c1-3-9(2)16-14(18)12-8-13(19-17-12)10-4-6-11(15)7-5-10/h4-9H,3H2,1-2H3,(H,16,18). The quantitative estimate of drug-likeness (QED) is 0.931. The van der Waals surface area contributed by atoms with Crippen molar-refractivity contribution < 1.29 is 9.32 Å². The van der Waals surface area contributed by atoms with Crippen LogP contribution < -0.4 is 5.32 Å². The summed E-state index contributed by atoms with van der Waals surface area (Å²) in [5.74, 6) is 0.323. The van der Waals surface area contributed by atoms with Crippen molar-refractivity contribution >= 4 is 17.5 Å².